The highest BCUT2D eigenvalue weighted by Crippen LogP contribution is 2.25. The number of aliphatic hydroxyl groups excluding tert-OH is 1. The third kappa shape index (κ3) is 3.79. The standard InChI is InChI=1S/C13H19FN2O2.ClH/c1-18-13-3-2-10(8-11(13)14)12(9-17)16-6-4-15-5-7-16;/h2-3,8,12,15,17H,4-7,9H2,1H3;1H/t12-;/m1./s1. The Balaban J connectivity index is 0.00000180. The lowest BCUT2D eigenvalue weighted by atomic mass is 10.0. The molecule has 1 aliphatic rings. The van der Waals surface area contributed by atoms with Crippen molar-refractivity contribution in [3.63, 3.8) is 0 Å². The summed E-state index contributed by atoms with van der Waals surface area (Å²) < 4.78 is 18.6. The molecule has 1 saturated heterocycles. The summed E-state index contributed by atoms with van der Waals surface area (Å²) in [5.74, 6) is -0.153. The molecule has 1 heterocycles. The number of aliphatic hydroxyl groups is 1. The number of nitrogens with one attached hydrogen (secondary N) is 1. The Morgan fingerprint density at radius 1 is 1.42 bits per heavy atom. The van der Waals surface area contributed by atoms with Gasteiger partial charge < -0.3 is 15.2 Å². The molecule has 2 rings (SSSR count). The van der Waals surface area contributed by atoms with Crippen LogP contribution in [0.5, 0.6) is 5.75 Å². The van der Waals surface area contributed by atoms with Crippen LogP contribution in [-0.4, -0.2) is 49.9 Å². The number of hydrogen-bond donors (Lipinski definition) is 2. The fraction of sp³-hybridized carbons (Fsp3) is 0.538. The third-order valence-electron chi connectivity index (χ3n) is 3.33. The molecule has 2 N–H and O–H groups in total. The fourth-order valence-electron chi connectivity index (χ4n) is 2.32. The van der Waals surface area contributed by atoms with Gasteiger partial charge in [-0.05, 0) is 17.7 Å². The van der Waals surface area contributed by atoms with Gasteiger partial charge in [0.25, 0.3) is 0 Å². The first-order chi connectivity index (χ1) is 8.76. The van der Waals surface area contributed by atoms with E-state index in [1.807, 2.05) is 6.07 Å². The SMILES string of the molecule is COc1ccc([C@@H](CO)N2CCNCC2)cc1F.Cl. The van der Waals surface area contributed by atoms with Crippen LogP contribution in [-0.2, 0) is 0 Å². The van der Waals surface area contributed by atoms with Gasteiger partial charge in [0.2, 0.25) is 0 Å². The summed E-state index contributed by atoms with van der Waals surface area (Å²) in [5.41, 5.74) is 0.790. The van der Waals surface area contributed by atoms with E-state index in [0.717, 1.165) is 31.7 Å². The topological polar surface area (TPSA) is 44.7 Å². The summed E-state index contributed by atoms with van der Waals surface area (Å²) in [6, 6.07) is 4.72. The first-order valence-corrected chi connectivity index (χ1v) is 6.15. The molecular formula is C13H20ClFN2O2. The van der Waals surface area contributed by atoms with Crippen LogP contribution in [0.3, 0.4) is 0 Å². The van der Waals surface area contributed by atoms with E-state index in [0.29, 0.717) is 0 Å². The molecule has 1 atom stereocenters. The molecule has 1 fully saturated rings. The minimum atomic E-state index is -0.386. The minimum absolute atomic E-state index is 0. The lowest BCUT2D eigenvalue weighted by molar-refractivity contribution is 0.110. The summed E-state index contributed by atoms with van der Waals surface area (Å²) in [4.78, 5) is 2.16. The minimum Gasteiger partial charge on any atom is -0.494 e. The van der Waals surface area contributed by atoms with Crippen LogP contribution in [0.25, 0.3) is 0 Å². The number of halogens is 2. The van der Waals surface area contributed by atoms with Gasteiger partial charge in [-0.15, -0.1) is 12.4 Å². The second-order valence-corrected chi connectivity index (χ2v) is 4.38. The normalized spacial score (nSPS) is 17.6. The number of methoxy groups -OCH3 is 1. The van der Waals surface area contributed by atoms with E-state index in [1.165, 1.54) is 13.2 Å². The second-order valence-electron chi connectivity index (χ2n) is 4.38. The molecule has 0 radical (unpaired) electrons. The summed E-state index contributed by atoms with van der Waals surface area (Å²) in [6.45, 7) is 3.51. The quantitative estimate of drug-likeness (QED) is 0.874. The zero-order chi connectivity index (χ0) is 13.0. The Labute approximate surface area is 119 Å². The zero-order valence-electron chi connectivity index (χ0n) is 10.9. The number of benzene rings is 1. The highest BCUT2D eigenvalue weighted by atomic mass is 35.5. The van der Waals surface area contributed by atoms with Crippen molar-refractivity contribution in [1.82, 2.24) is 10.2 Å². The smallest absolute Gasteiger partial charge is 0.165 e. The van der Waals surface area contributed by atoms with Crippen molar-refractivity contribution in [2.75, 3.05) is 39.9 Å². The second kappa shape index (κ2) is 7.65. The van der Waals surface area contributed by atoms with Gasteiger partial charge in [0.05, 0.1) is 19.8 Å². The molecule has 19 heavy (non-hydrogen) atoms. The first-order valence-electron chi connectivity index (χ1n) is 6.15. The number of ether oxygens (including phenoxy) is 1. The van der Waals surface area contributed by atoms with Crippen molar-refractivity contribution in [2.45, 2.75) is 6.04 Å². The van der Waals surface area contributed by atoms with E-state index in [1.54, 1.807) is 6.07 Å². The number of piperazine rings is 1. The van der Waals surface area contributed by atoms with Crippen LogP contribution in [0.2, 0.25) is 0 Å². The monoisotopic (exact) mass is 290 g/mol. The van der Waals surface area contributed by atoms with Crippen molar-refractivity contribution in [3.8, 4) is 5.75 Å². The molecule has 0 bridgehead atoms. The Morgan fingerprint density at radius 3 is 2.63 bits per heavy atom. The van der Waals surface area contributed by atoms with Gasteiger partial charge in [-0.2, -0.15) is 0 Å². The van der Waals surface area contributed by atoms with Gasteiger partial charge >= 0.3 is 0 Å². The Kier molecular flexibility index (Phi) is 6.51. The van der Waals surface area contributed by atoms with Crippen LogP contribution in [0.15, 0.2) is 18.2 Å². The maximum Gasteiger partial charge on any atom is 0.165 e. The van der Waals surface area contributed by atoms with E-state index in [2.05, 4.69) is 10.2 Å². The van der Waals surface area contributed by atoms with Gasteiger partial charge in [0, 0.05) is 26.2 Å². The fourth-order valence-corrected chi connectivity index (χ4v) is 2.32. The highest BCUT2D eigenvalue weighted by Gasteiger charge is 2.22. The first kappa shape index (κ1) is 16.2. The average Bonchev–Trinajstić information content (AvgIpc) is 2.41. The van der Waals surface area contributed by atoms with E-state index < -0.39 is 0 Å². The largest absolute Gasteiger partial charge is 0.494 e. The molecule has 6 heteroatoms. The van der Waals surface area contributed by atoms with E-state index >= 15 is 0 Å². The van der Waals surface area contributed by atoms with Crippen molar-refractivity contribution in [3.05, 3.63) is 29.6 Å². The van der Waals surface area contributed by atoms with Gasteiger partial charge in [0.1, 0.15) is 0 Å². The molecule has 1 aromatic carbocycles. The number of hydrogen-bond acceptors (Lipinski definition) is 4. The lowest BCUT2D eigenvalue weighted by Crippen LogP contribution is -2.46. The summed E-state index contributed by atoms with van der Waals surface area (Å²) in [7, 11) is 1.44. The molecule has 0 amide bonds. The summed E-state index contributed by atoms with van der Waals surface area (Å²) in [6.07, 6.45) is 0. The van der Waals surface area contributed by atoms with Gasteiger partial charge in [-0.25, -0.2) is 4.39 Å². The van der Waals surface area contributed by atoms with E-state index in [9.17, 15) is 9.50 Å². The highest BCUT2D eigenvalue weighted by molar-refractivity contribution is 5.85. The molecule has 4 nitrogen and oxygen atoms in total. The van der Waals surface area contributed by atoms with Crippen LogP contribution in [0, 0.1) is 5.82 Å². The Bertz CT molecular complexity index is 400. The molecule has 1 aliphatic heterocycles. The molecular weight excluding hydrogens is 271 g/mol. The zero-order valence-corrected chi connectivity index (χ0v) is 11.8. The van der Waals surface area contributed by atoms with Crippen molar-refractivity contribution in [1.29, 1.82) is 0 Å². The van der Waals surface area contributed by atoms with Gasteiger partial charge in [0.15, 0.2) is 11.6 Å². The number of rotatable bonds is 4. The summed E-state index contributed by atoms with van der Waals surface area (Å²) in [5, 5.41) is 12.8. The molecule has 1 aromatic rings. The summed E-state index contributed by atoms with van der Waals surface area (Å²) >= 11 is 0. The predicted molar refractivity (Wildman–Crippen MR) is 74.5 cm³/mol. The third-order valence-corrected chi connectivity index (χ3v) is 3.33. The van der Waals surface area contributed by atoms with E-state index in [4.69, 9.17) is 4.74 Å². The van der Waals surface area contributed by atoms with Gasteiger partial charge in [-0.3, -0.25) is 4.90 Å². The molecule has 0 saturated carbocycles. The van der Waals surface area contributed by atoms with Crippen molar-refractivity contribution >= 4 is 12.4 Å². The number of nitrogens with zero attached hydrogens (tertiary/aromatic N) is 1. The molecule has 0 aliphatic carbocycles. The Hall–Kier alpha value is -0.880. The van der Waals surface area contributed by atoms with Crippen molar-refractivity contribution < 1.29 is 14.2 Å². The van der Waals surface area contributed by atoms with Crippen LogP contribution in [0.4, 0.5) is 4.39 Å². The molecule has 108 valence electrons. The average molecular weight is 291 g/mol. The van der Waals surface area contributed by atoms with Crippen molar-refractivity contribution in [2.24, 2.45) is 0 Å². The van der Waals surface area contributed by atoms with Crippen LogP contribution < -0.4 is 10.1 Å². The molecule has 0 aromatic heterocycles. The lowest BCUT2D eigenvalue weighted by Gasteiger charge is -2.34. The molecule has 0 unspecified atom stereocenters. The van der Waals surface area contributed by atoms with E-state index in [-0.39, 0.29) is 36.6 Å². The van der Waals surface area contributed by atoms with Crippen LogP contribution in [0.1, 0.15) is 11.6 Å². The predicted octanol–water partition coefficient (Wildman–Crippen LogP) is 1.19. The maximum atomic E-state index is 13.7. The molecule has 0 spiro atoms. The van der Waals surface area contributed by atoms with Gasteiger partial charge in [-0.1, -0.05) is 6.07 Å². The Morgan fingerprint density at radius 2 is 2.11 bits per heavy atom. The van der Waals surface area contributed by atoms with Crippen LogP contribution >= 0.6 is 12.4 Å². The maximum absolute atomic E-state index is 13.7.